The third-order valence-corrected chi connectivity index (χ3v) is 3.83. The second-order valence-electron chi connectivity index (χ2n) is 3.92. The molecule has 0 amide bonds. The maximum Gasteiger partial charge on any atom is 0.123 e. The Balaban J connectivity index is 1.84. The fourth-order valence-electron chi connectivity index (χ4n) is 1.50. The van der Waals surface area contributed by atoms with Gasteiger partial charge >= 0.3 is 0 Å². The first kappa shape index (κ1) is 13.5. The summed E-state index contributed by atoms with van der Waals surface area (Å²) in [4.78, 5) is 0.599. The average molecular weight is 279 g/mol. The molecule has 3 nitrogen and oxygen atoms in total. The van der Waals surface area contributed by atoms with Gasteiger partial charge in [0.05, 0.1) is 16.6 Å². The minimum atomic E-state index is -1.19. The number of hydrogen-bond acceptors (Lipinski definition) is 3. The maximum absolute atomic E-state index is 12.7. The Kier molecular flexibility index (Phi) is 4.52. The van der Waals surface area contributed by atoms with Gasteiger partial charge in [0.2, 0.25) is 0 Å². The molecule has 1 atom stereocenters. The Hall–Kier alpha value is -1.88. The smallest absolute Gasteiger partial charge is 0.123 e. The number of rotatable bonds is 5. The van der Waals surface area contributed by atoms with Crippen molar-refractivity contribution >= 4 is 16.5 Å². The van der Waals surface area contributed by atoms with Gasteiger partial charge < -0.3 is 10.5 Å². The molecule has 2 rings (SSSR count). The van der Waals surface area contributed by atoms with E-state index in [1.54, 1.807) is 24.3 Å². The van der Waals surface area contributed by atoms with Crippen molar-refractivity contribution in [3.63, 3.8) is 0 Å². The quantitative estimate of drug-likeness (QED) is 0.856. The summed E-state index contributed by atoms with van der Waals surface area (Å²) in [7, 11) is -1.19. The van der Waals surface area contributed by atoms with E-state index in [1.165, 1.54) is 24.3 Å². The van der Waals surface area contributed by atoms with Gasteiger partial charge in [0.25, 0.3) is 0 Å². The van der Waals surface area contributed by atoms with Gasteiger partial charge in [0, 0.05) is 10.6 Å². The van der Waals surface area contributed by atoms with Crippen LogP contribution in [0.15, 0.2) is 53.4 Å². The van der Waals surface area contributed by atoms with Crippen molar-refractivity contribution in [3.8, 4) is 5.75 Å². The lowest BCUT2D eigenvalue weighted by atomic mass is 10.3. The SMILES string of the molecule is Nc1ccc(OCCS(=O)c2ccc(F)cc2)cc1. The summed E-state index contributed by atoms with van der Waals surface area (Å²) >= 11 is 0. The van der Waals surface area contributed by atoms with Gasteiger partial charge in [-0.3, -0.25) is 4.21 Å². The molecule has 0 aliphatic rings. The van der Waals surface area contributed by atoms with E-state index in [0.717, 1.165) is 0 Å². The third-order valence-electron chi connectivity index (χ3n) is 2.49. The minimum absolute atomic E-state index is 0.327. The van der Waals surface area contributed by atoms with Crippen LogP contribution < -0.4 is 10.5 Å². The number of anilines is 1. The lowest BCUT2D eigenvalue weighted by Crippen LogP contribution is -2.08. The number of benzene rings is 2. The van der Waals surface area contributed by atoms with Gasteiger partial charge in [0.1, 0.15) is 18.2 Å². The summed E-state index contributed by atoms with van der Waals surface area (Å²) in [6, 6.07) is 12.6. The maximum atomic E-state index is 12.7. The van der Waals surface area contributed by atoms with Crippen molar-refractivity contribution in [2.45, 2.75) is 4.90 Å². The highest BCUT2D eigenvalue weighted by Gasteiger charge is 2.04. The molecule has 0 aliphatic heterocycles. The number of nitrogen functional groups attached to an aromatic ring is 1. The highest BCUT2D eigenvalue weighted by molar-refractivity contribution is 7.85. The van der Waals surface area contributed by atoms with Crippen molar-refractivity contribution in [1.29, 1.82) is 0 Å². The minimum Gasteiger partial charge on any atom is -0.493 e. The lowest BCUT2D eigenvalue weighted by Gasteiger charge is -2.06. The molecule has 2 aromatic rings. The van der Waals surface area contributed by atoms with Gasteiger partial charge in [-0.2, -0.15) is 0 Å². The van der Waals surface area contributed by atoms with Gasteiger partial charge in [-0.05, 0) is 48.5 Å². The van der Waals surface area contributed by atoms with Crippen LogP contribution in [-0.2, 0) is 10.8 Å². The molecular weight excluding hydrogens is 265 g/mol. The largest absolute Gasteiger partial charge is 0.493 e. The van der Waals surface area contributed by atoms with Crippen LogP contribution in [0, 0.1) is 5.82 Å². The van der Waals surface area contributed by atoms with Gasteiger partial charge in [0.15, 0.2) is 0 Å². The third kappa shape index (κ3) is 4.06. The fraction of sp³-hybridized carbons (Fsp3) is 0.143. The van der Waals surface area contributed by atoms with Crippen LogP contribution >= 0.6 is 0 Å². The van der Waals surface area contributed by atoms with Crippen LogP contribution in [0.4, 0.5) is 10.1 Å². The van der Waals surface area contributed by atoms with E-state index in [-0.39, 0.29) is 5.82 Å². The number of hydrogen-bond donors (Lipinski definition) is 1. The molecule has 0 heterocycles. The van der Waals surface area contributed by atoms with Crippen molar-refractivity contribution in [2.75, 3.05) is 18.1 Å². The van der Waals surface area contributed by atoms with E-state index < -0.39 is 10.8 Å². The van der Waals surface area contributed by atoms with E-state index in [4.69, 9.17) is 10.5 Å². The van der Waals surface area contributed by atoms with E-state index in [1.807, 2.05) is 0 Å². The molecule has 0 saturated carbocycles. The Morgan fingerprint density at radius 3 is 2.32 bits per heavy atom. The molecule has 2 N–H and O–H groups in total. The van der Waals surface area contributed by atoms with Crippen molar-refractivity contribution in [3.05, 3.63) is 54.3 Å². The Labute approximate surface area is 113 Å². The average Bonchev–Trinajstić information content (AvgIpc) is 2.41. The molecule has 0 fully saturated rings. The fourth-order valence-corrected chi connectivity index (χ4v) is 2.41. The molecular formula is C14H14FNO2S. The molecule has 0 aliphatic carbocycles. The topological polar surface area (TPSA) is 52.3 Å². The molecule has 0 aromatic heterocycles. The number of nitrogens with two attached hydrogens (primary N) is 1. The van der Waals surface area contributed by atoms with E-state index in [0.29, 0.717) is 28.7 Å². The monoisotopic (exact) mass is 279 g/mol. The molecule has 2 aromatic carbocycles. The summed E-state index contributed by atoms with van der Waals surface area (Å²) in [5, 5.41) is 0. The highest BCUT2D eigenvalue weighted by Crippen LogP contribution is 2.13. The number of halogens is 1. The van der Waals surface area contributed by atoms with Crippen LogP contribution in [0.1, 0.15) is 0 Å². The zero-order valence-corrected chi connectivity index (χ0v) is 11.0. The van der Waals surface area contributed by atoms with Crippen molar-refractivity contribution in [2.24, 2.45) is 0 Å². The van der Waals surface area contributed by atoms with Crippen LogP contribution in [0.25, 0.3) is 0 Å². The van der Waals surface area contributed by atoms with Gasteiger partial charge in [-0.15, -0.1) is 0 Å². The first-order valence-corrected chi connectivity index (χ1v) is 7.09. The van der Waals surface area contributed by atoms with Crippen molar-refractivity contribution < 1.29 is 13.3 Å². The van der Waals surface area contributed by atoms with E-state index in [2.05, 4.69) is 0 Å². The standard InChI is InChI=1S/C14H14FNO2S/c15-11-1-7-14(8-2-11)19(17)10-9-18-13-5-3-12(16)4-6-13/h1-8H,9-10,16H2. The lowest BCUT2D eigenvalue weighted by molar-refractivity contribution is 0.342. The van der Waals surface area contributed by atoms with Crippen molar-refractivity contribution in [1.82, 2.24) is 0 Å². The summed E-state index contributed by atoms with van der Waals surface area (Å²) in [5.74, 6) is 0.708. The molecule has 19 heavy (non-hydrogen) atoms. The molecule has 0 spiro atoms. The molecule has 5 heteroatoms. The van der Waals surface area contributed by atoms with E-state index >= 15 is 0 Å². The van der Waals surface area contributed by atoms with Gasteiger partial charge in [-0.1, -0.05) is 0 Å². The van der Waals surface area contributed by atoms with E-state index in [9.17, 15) is 8.60 Å². The molecule has 100 valence electrons. The highest BCUT2D eigenvalue weighted by atomic mass is 32.2. The van der Waals surface area contributed by atoms with Gasteiger partial charge in [-0.25, -0.2) is 4.39 Å². The van der Waals surface area contributed by atoms with Crippen LogP contribution in [0.2, 0.25) is 0 Å². The molecule has 1 unspecified atom stereocenters. The first-order chi connectivity index (χ1) is 9.15. The predicted molar refractivity (Wildman–Crippen MR) is 74.0 cm³/mol. The summed E-state index contributed by atoms with van der Waals surface area (Å²) in [6.45, 7) is 0.327. The summed E-state index contributed by atoms with van der Waals surface area (Å²) in [6.07, 6.45) is 0. The second-order valence-corrected chi connectivity index (χ2v) is 5.49. The van der Waals surface area contributed by atoms with Crippen LogP contribution in [0.3, 0.4) is 0 Å². The molecule has 0 radical (unpaired) electrons. The summed E-state index contributed by atoms with van der Waals surface area (Å²) in [5.41, 5.74) is 6.23. The Morgan fingerprint density at radius 2 is 1.68 bits per heavy atom. The summed E-state index contributed by atoms with van der Waals surface area (Å²) < 4.78 is 30.1. The molecule has 0 saturated heterocycles. The Bertz CT molecular complexity index is 555. The molecule has 0 bridgehead atoms. The van der Waals surface area contributed by atoms with Crippen LogP contribution in [-0.4, -0.2) is 16.6 Å². The number of ether oxygens (including phenoxy) is 1. The predicted octanol–water partition coefficient (Wildman–Crippen LogP) is 2.59. The first-order valence-electron chi connectivity index (χ1n) is 5.77. The van der Waals surface area contributed by atoms with Crippen LogP contribution in [0.5, 0.6) is 5.75 Å². The zero-order valence-electron chi connectivity index (χ0n) is 10.2. The Morgan fingerprint density at radius 1 is 1.05 bits per heavy atom. The second kappa shape index (κ2) is 6.33. The normalized spacial score (nSPS) is 12.1. The zero-order chi connectivity index (χ0) is 13.7.